The fraction of sp³-hybridized carbons (Fsp3) is 0.389. The molecule has 20 heavy (non-hydrogen) atoms. The van der Waals surface area contributed by atoms with Crippen molar-refractivity contribution in [2.75, 3.05) is 6.61 Å². The van der Waals surface area contributed by atoms with Crippen LogP contribution >= 0.6 is 0 Å². The van der Waals surface area contributed by atoms with Crippen molar-refractivity contribution in [3.63, 3.8) is 0 Å². The molecule has 1 aliphatic carbocycles. The molecular weight excluding hydrogens is 248 g/mol. The SMILES string of the molecule is CC1=C(C)CC2=C(CC(c3ccccc3)CC2=O)OC1. The van der Waals surface area contributed by atoms with Crippen LogP contribution in [0.5, 0.6) is 0 Å². The molecule has 1 unspecified atom stereocenters. The lowest BCUT2D eigenvalue weighted by atomic mass is 9.81. The largest absolute Gasteiger partial charge is 0.493 e. The average molecular weight is 268 g/mol. The second kappa shape index (κ2) is 5.28. The Labute approximate surface area is 120 Å². The molecular formula is C18H20O2. The van der Waals surface area contributed by atoms with Gasteiger partial charge >= 0.3 is 0 Å². The van der Waals surface area contributed by atoms with E-state index in [9.17, 15) is 4.79 Å². The minimum atomic E-state index is 0.258. The van der Waals surface area contributed by atoms with Crippen LogP contribution in [0.15, 0.2) is 52.8 Å². The fourth-order valence-electron chi connectivity index (χ4n) is 2.96. The summed E-state index contributed by atoms with van der Waals surface area (Å²) in [5, 5.41) is 0. The number of carbonyl (C=O) groups excluding carboxylic acids is 1. The molecule has 0 aromatic heterocycles. The van der Waals surface area contributed by atoms with E-state index in [1.165, 1.54) is 16.7 Å². The van der Waals surface area contributed by atoms with Gasteiger partial charge in [0.25, 0.3) is 0 Å². The molecule has 0 N–H and O–H groups in total. The number of Topliss-reactive ketones (excluding diaryl/α,β-unsaturated/α-hetero) is 1. The van der Waals surface area contributed by atoms with Crippen molar-refractivity contribution in [2.45, 2.75) is 39.0 Å². The van der Waals surface area contributed by atoms with E-state index in [4.69, 9.17) is 4.74 Å². The molecule has 3 rings (SSSR count). The van der Waals surface area contributed by atoms with Crippen molar-refractivity contribution in [3.8, 4) is 0 Å². The molecule has 0 radical (unpaired) electrons. The molecule has 104 valence electrons. The van der Waals surface area contributed by atoms with E-state index in [0.717, 1.165) is 24.2 Å². The third-order valence-electron chi connectivity index (χ3n) is 4.44. The Hall–Kier alpha value is -1.83. The number of hydrogen-bond acceptors (Lipinski definition) is 2. The molecule has 2 aliphatic rings. The number of carbonyl (C=O) groups is 1. The summed E-state index contributed by atoms with van der Waals surface area (Å²) >= 11 is 0. The molecule has 0 saturated heterocycles. The van der Waals surface area contributed by atoms with Gasteiger partial charge in [0.15, 0.2) is 5.78 Å². The lowest BCUT2D eigenvalue weighted by molar-refractivity contribution is -0.116. The third-order valence-corrected chi connectivity index (χ3v) is 4.44. The maximum atomic E-state index is 12.5. The van der Waals surface area contributed by atoms with Gasteiger partial charge in [0, 0.05) is 24.8 Å². The van der Waals surface area contributed by atoms with Crippen LogP contribution in [0.1, 0.15) is 44.6 Å². The van der Waals surface area contributed by atoms with E-state index < -0.39 is 0 Å². The van der Waals surface area contributed by atoms with Crippen LogP contribution in [-0.4, -0.2) is 12.4 Å². The number of rotatable bonds is 1. The highest BCUT2D eigenvalue weighted by molar-refractivity contribution is 5.97. The Morgan fingerprint density at radius 3 is 2.55 bits per heavy atom. The second-order valence-electron chi connectivity index (χ2n) is 5.87. The summed E-state index contributed by atoms with van der Waals surface area (Å²) in [6, 6.07) is 10.3. The first-order valence-electron chi connectivity index (χ1n) is 7.23. The maximum absolute atomic E-state index is 12.5. The normalized spacial score (nSPS) is 23.3. The van der Waals surface area contributed by atoms with Crippen molar-refractivity contribution in [3.05, 3.63) is 58.4 Å². The Balaban J connectivity index is 1.88. The first kappa shape index (κ1) is 13.2. The van der Waals surface area contributed by atoms with Crippen LogP contribution in [0.2, 0.25) is 0 Å². The minimum absolute atomic E-state index is 0.258. The zero-order chi connectivity index (χ0) is 14.1. The van der Waals surface area contributed by atoms with Gasteiger partial charge in [-0.2, -0.15) is 0 Å². The molecule has 2 nitrogen and oxygen atoms in total. The summed E-state index contributed by atoms with van der Waals surface area (Å²) in [5.41, 5.74) is 4.68. The fourth-order valence-corrected chi connectivity index (χ4v) is 2.96. The third kappa shape index (κ3) is 2.43. The summed E-state index contributed by atoms with van der Waals surface area (Å²) in [6.07, 6.45) is 2.23. The Kier molecular flexibility index (Phi) is 3.47. The smallest absolute Gasteiger partial charge is 0.163 e. The molecule has 0 amide bonds. The maximum Gasteiger partial charge on any atom is 0.163 e. The predicted molar refractivity (Wildman–Crippen MR) is 79.4 cm³/mol. The summed E-state index contributed by atoms with van der Waals surface area (Å²) in [7, 11) is 0. The van der Waals surface area contributed by atoms with Gasteiger partial charge in [0.1, 0.15) is 12.4 Å². The highest BCUT2D eigenvalue weighted by atomic mass is 16.5. The average Bonchev–Trinajstić information content (AvgIpc) is 2.61. The zero-order valence-corrected chi connectivity index (χ0v) is 12.1. The quantitative estimate of drug-likeness (QED) is 0.715. The Morgan fingerprint density at radius 1 is 1.05 bits per heavy atom. The van der Waals surface area contributed by atoms with E-state index in [1.54, 1.807) is 0 Å². The second-order valence-corrected chi connectivity index (χ2v) is 5.87. The molecule has 1 aliphatic heterocycles. The van der Waals surface area contributed by atoms with E-state index in [1.807, 2.05) is 18.2 Å². The van der Waals surface area contributed by atoms with E-state index in [2.05, 4.69) is 26.0 Å². The van der Waals surface area contributed by atoms with Crippen LogP contribution in [0.3, 0.4) is 0 Å². The first-order valence-corrected chi connectivity index (χ1v) is 7.23. The lowest BCUT2D eigenvalue weighted by Gasteiger charge is -2.25. The van der Waals surface area contributed by atoms with E-state index in [0.29, 0.717) is 13.0 Å². The summed E-state index contributed by atoms with van der Waals surface area (Å²) in [6.45, 7) is 4.82. The van der Waals surface area contributed by atoms with Crippen molar-refractivity contribution < 1.29 is 9.53 Å². The van der Waals surface area contributed by atoms with Gasteiger partial charge in [-0.15, -0.1) is 0 Å². The zero-order valence-electron chi connectivity index (χ0n) is 12.1. The predicted octanol–water partition coefficient (Wildman–Crippen LogP) is 4.14. The highest BCUT2D eigenvalue weighted by Gasteiger charge is 2.31. The molecule has 1 aromatic carbocycles. The molecule has 0 spiro atoms. The van der Waals surface area contributed by atoms with E-state index >= 15 is 0 Å². The summed E-state index contributed by atoms with van der Waals surface area (Å²) < 4.78 is 5.91. The van der Waals surface area contributed by atoms with Gasteiger partial charge in [0.05, 0.1) is 0 Å². The molecule has 0 bridgehead atoms. The standard InChI is InChI=1S/C18H20O2/c1-12-8-16-17(19)9-15(14-6-4-3-5-7-14)10-18(16)20-11-13(12)2/h3-7,15H,8-11H2,1-2H3. The molecule has 1 heterocycles. The molecule has 0 saturated carbocycles. The van der Waals surface area contributed by atoms with Gasteiger partial charge < -0.3 is 4.74 Å². The molecule has 2 heteroatoms. The van der Waals surface area contributed by atoms with Gasteiger partial charge in [-0.25, -0.2) is 0 Å². The number of ether oxygens (including phenoxy) is 1. The molecule has 1 atom stereocenters. The first-order chi connectivity index (χ1) is 9.65. The minimum Gasteiger partial charge on any atom is -0.493 e. The van der Waals surface area contributed by atoms with Crippen LogP contribution < -0.4 is 0 Å². The van der Waals surface area contributed by atoms with Crippen molar-refractivity contribution in [1.29, 1.82) is 0 Å². The van der Waals surface area contributed by atoms with Crippen molar-refractivity contribution in [2.24, 2.45) is 0 Å². The van der Waals surface area contributed by atoms with Crippen LogP contribution in [0.4, 0.5) is 0 Å². The van der Waals surface area contributed by atoms with Gasteiger partial charge in [-0.05, 0) is 30.9 Å². The van der Waals surface area contributed by atoms with Crippen LogP contribution in [0, 0.1) is 0 Å². The van der Waals surface area contributed by atoms with Gasteiger partial charge in [-0.1, -0.05) is 35.9 Å². The summed E-state index contributed by atoms with van der Waals surface area (Å²) in [4.78, 5) is 12.5. The van der Waals surface area contributed by atoms with Crippen molar-refractivity contribution in [1.82, 2.24) is 0 Å². The van der Waals surface area contributed by atoms with Crippen molar-refractivity contribution >= 4 is 5.78 Å². The number of ketones is 1. The molecule has 0 fully saturated rings. The number of benzene rings is 1. The summed E-state index contributed by atoms with van der Waals surface area (Å²) in [5.74, 6) is 1.45. The molecule has 1 aromatic rings. The Bertz CT molecular complexity index is 593. The number of hydrogen-bond donors (Lipinski definition) is 0. The van der Waals surface area contributed by atoms with Crippen LogP contribution in [-0.2, 0) is 9.53 Å². The highest BCUT2D eigenvalue weighted by Crippen LogP contribution is 2.38. The monoisotopic (exact) mass is 268 g/mol. The lowest BCUT2D eigenvalue weighted by Crippen LogP contribution is -2.19. The van der Waals surface area contributed by atoms with Crippen LogP contribution in [0.25, 0.3) is 0 Å². The van der Waals surface area contributed by atoms with Gasteiger partial charge in [-0.3, -0.25) is 4.79 Å². The number of allylic oxidation sites excluding steroid dienone is 3. The topological polar surface area (TPSA) is 26.3 Å². The van der Waals surface area contributed by atoms with Gasteiger partial charge in [0.2, 0.25) is 0 Å². The Morgan fingerprint density at radius 2 is 1.80 bits per heavy atom. The van der Waals surface area contributed by atoms with E-state index in [-0.39, 0.29) is 11.7 Å².